The Morgan fingerprint density at radius 3 is 1.49 bits per heavy atom. The number of rotatable bonds is 9. The van der Waals surface area contributed by atoms with E-state index in [1.54, 1.807) is 36.4 Å². The number of hydrazone groups is 2. The molecule has 0 fully saturated rings. The second-order valence-electron chi connectivity index (χ2n) is 8.44. The molecule has 5 rings (SSSR count). The maximum Gasteiger partial charge on any atom is 0.250 e. The zero-order chi connectivity index (χ0) is 28.6. The smallest absolute Gasteiger partial charge is 0.250 e. The average Bonchev–Trinajstić information content (AvgIpc) is 2.98. The molecule has 12 heteroatoms. The first-order chi connectivity index (χ1) is 20.0. The molecule has 5 aromatic rings. The molecule has 0 spiro atoms. The largest absolute Gasteiger partial charge is 0.507 e. The number of aromatic hydroxyl groups is 2. The molecule has 0 atom stereocenters. The maximum atomic E-state index is 10.1. The Bertz CT molecular complexity index is 1580. The molecule has 4 N–H and O–H groups in total. The molecular weight excluding hydrogens is 652 g/mol. The van der Waals surface area contributed by atoms with Gasteiger partial charge in [0.05, 0.1) is 12.4 Å². The lowest BCUT2D eigenvalue weighted by Gasteiger charge is -2.23. The molecule has 0 aliphatic heterocycles. The van der Waals surface area contributed by atoms with Crippen LogP contribution in [0.3, 0.4) is 0 Å². The van der Waals surface area contributed by atoms with Crippen LogP contribution < -0.4 is 15.8 Å². The van der Waals surface area contributed by atoms with Crippen LogP contribution in [0, 0.1) is 0 Å². The number of anilines is 5. The summed E-state index contributed by atoms with van der Waals surface area (Å²) in [6.45, 7) is 0. The first-order valence-electron chi connectivity index (χ1n) is 12.2. The van der Waals surface area contributed by atoms with E-state index in [1.807, 2.05) is 65.6 Å². The summed E-state index contributed by atoms with van der Waals surface area (Å²) in [5, 5.41) is 28.7. The number of hydrogen-bond acceptors (Lipinski definition) is 10. The fourth-order valence-corrected chi connectivity index (χ4v) is 4.43. The second-order valence-corrected chi connectivity index (χ2v) is 10.3. The molecule has 0 radical (unpaired) electrons. The number of benzene rings is 4. The Kier molecular flexibility index (Phi) is 8.82. The monoisotopic (exact) mass is 672 g/mol. The van der Waals surface area contributed by atoms with Crippen LogP contribution >= 0.6 is 31.9 Å². The van der Waals surface area contributed by atoms with Crippen molar-refractivity contribution in [2.24, 2.45) is 10.2 Å². The number of phenols is 2. The lowest BCUT2D eigenvalue weighted by atomic mass is 10.2. The van der Waals surface area contributed by atoms with Gasteiger partial charge in [0, 0.05) is 31.4 Å². The summed E-state index contributed by atoms with van der Waals surface area (Å²) < 4.78 is 1.59. The van der Waals surface area contributed by atoms with E-state index in [-0.39, 0.29) is 23.4 Å². The van der Waals surface area contributed by atoms with Gasteiger partial charge in [-0.05, 0) is 60.7 Å². The Labute approximate surface area is 252 Å². The maximum absolute atomic E-state index is 10.1. The van der Waals surface area contributed by atoms with Gasteiger partial charge in [-0.3, -0.25) is 4.90 Å². The number of aromatic nitrogens is 3. The van der Waals surface area contributed by atoms with E-state index in [9.17, 15) is 10.2 Å². The van der Waals surface area contributed by atoms with Crippen LogP contribution in [0.5, 0.6) is 11.5 Å². The molecule has 4 aromatic carbocycles. The molecule has 1 aromatic heterocycles. The quantitative estimate of drug-likeness (QED) is 0.0957. The van der Waals surface area contributed by atoms with Crippen molar-refractivity contribution in [1.29, 1.82) is 0 Å². The van der Waals surface area contributed by atoms with Crippen LogP contribution in [0.2, 0.25) is 0 Å². The van der Waals surface area contributed by atoms with Gasteiger partial charge in [-0.25, -0.2) is 10.9 Å². The fraction of sp³-hybridized carbons (Fsp3) is 0. The highest BCUT2D eigenvalue weighted by atomic mass is 79.9. The van der Waals surface area contributed by atoms with Gasteiger partial charge in [-0.15, -0.1) is 0 Å². The summed E-state index contributed by atoms with van der Waals surface area (Å²) in [4.78, 5) is 15.5. The van der Waals surface area contributed by atoms with Crippen molar-refractivity contribution in [2.75, 3.05) is 15.8 Å². The Morgan fingerprint density at radius 1 is 0.610 bits per heavy atom. The summed E-state index contributed by atoms with van der Waals surface area (Å²) in [6.07, 6.45) is 2.91. The first-order valence-corrected chi connectivity index (χ1v) is 13.8. The number of hydrogen-bond donors (Lipinski definition) is 4. The van der Waals surface area contributed by atoms with Gasteiger partial charge in [0.25, 0.3) is 0 Å². The van der Waals surface area contributed by atoms with E-state index in [1.165, 1.54) is 12.4 Å². The summed E-state index contributed by atoms with van der Waals surface area (Å²) in [5.41, 5.74) is 8.28. The molecule has 10 nitrogen and oxygen atoms in total. The third-order valence-electron chi connectivity index (χ3n) is 5.57. The lowest BCUT2D eigenvalue weighted by molar-refractivity contribution is 0.474. The molecule has 0 unspecified atom stereocenters. The number of nitrogens with one attached hydrogen (secondary N) is 2. The van der Waals surface area contributed by atoms with E-state index in [4.69, 9.17) is 0 Å². The standard InChI is InChI=1S/C29H22Br2N8O2/c30-21-11-13-25(40)19(15-21)17-32-37-27-34-28(38-33-18-20-16-22(31)12-14-26(20)41)36-29(35-27)39(23-7-3-1-4-8-23)24-9-5-2-6-10-24/h1-18,40-41H,(H2,34,35,36,37,38). The zero-order valence-corrected chi connectivity index (χ0v) is 24.4. The van der Waals surface area contributed by atoms with Crippen LogP contribution in [0.15, 0.2) is 116 Å². The topological polar surface area (TPSA) is 131 Å². The predicted molar refractivity (Wildman–Crippen MR) is 169 cm³/mol. The van der Waals surface area contributed by atoms with Crippen molar-refractivity contribution in [2.45, 2.75) is 0 Å². The summed E-state index contributed by atoms with van der Waals surface area (Å²) in [7, 11) is 0. The normalized spacial score (nSPS) is 11.2. The van der Waals surface area contributed by atoms with Gasteiger partial charge in [-0.1, -0.05) is 68.3 Å². The van der Waals surface area contributed by atoms with Crippen LogP contribution in [-0.4, -0.2) is 37.6 Å². The van der Waals surface area contributed by atoms with E-state index < -0.39 is 0 Å². The molecular formula is C29H22Br2N8O2. The van der Waals surface area contributed by atoms with Gasteiger partial charge in [0.2, 0.25) is 17.8 Å². The Hall–Kier alpha value is -4.81. The summed E-state index contributed by atoms with van der Waals surface area (Å²) in [6, 6.07) is 29.4. The van der Waals surface area contributed by atoms with Crippen molar-refractivity contribution >= 4 is 73.5 Å². The molecule has 1 heterocycles. The Morgan fingerprint density at radius 2 is 1.05 bits per heavy atom. The number of para-hydroxylation sites is 2. The van der Waals surface area contributed by atoms with E-state index in [0.717, 1.165) is 20.3 Å². The number of phenolic OH excluding ortho intramolecular Hbond substituents is 2. The highest BCUT2D eigenvalue weighted by Gasteiger charge is 2.17. The zero-order valence-electron chi connectivity index (χ0n) is 21.2. The van der Waals surface area contributed by atoms with Crippen molar-refractivity contribution in [3.8, 4) is 11.5 Å². The molecule has 0 amide bonds. The third kappa shape index (κ3) is 7.24. The molecule has 0 aliphatic carbocycles. The first kappa shape index (κ1) is 27.7. The molecule has 0 saturated heterocycles. The van der Waals surface area contributed by atoms with Gasteiger partial charge in [0.15, 0.2) is 0 Å². The minimum absolute atomic E-state index is 0.0712. The van der Waals surface area contributed by atoms with Gasteiger partial charge < -0.3 is 10.2 Å². The van der Waals surface area contributed by atoms with Gasteiger partial charge in [-0.2, -0.15) is 25.2 Å². The minimum atomic E-state index is 0.0712. The molecule has 0 saturated carbocycles. The highest BCUT2D eigenvalue weighted by Crippen LogP contribution is 2.32. The van der Waals surface area contributed by atoms with Gasteiger partial charge >= 0.3 is 0 Å². The minimum Gasteiger partial charge on any atom is -0.507 e. The fourth-order valence-electron chi connectivity index (χ4n) is 3.68. The van der Waals surface area contributed by atoms with Crippen LogP contribution in [0.1, 0.15) is 11.1 Å². The molecule has 0 aliphatic rings. The van der Waals surface area contributed by atoms with Crippen molar-refractivity contribution < 1.29 is 10.2 Å². The average molecular weight is 674 g/mol. The molecule has 204 valence electrons. The van der Waals surface area contributed by atoms with Crippen LogP contribution in [-0.2, 0) is 0 Å². The third-order valence-corrected chi connectivity index (χ3v) is 6.55. The van der Waals surface area contributed by atoms with E-state index in [0.29, 0.717) is 17.1 Å². The van der Waals surface area contributed by atoms with Crippen molar-refractivity contribution in [3.05, 3.63) is 117 Å². The molecule has 41 heavy (non-hydrogen) atoms. The van der Waals surface area contributed by atoms with E-state index >= 15 is 0 Å². The molecule has 0 bridgehead atoms. The number of nitrogens with zero attached hydrogens (tertiary/aromatic N) is 6. The summed E-state index contributed by atoms with van der Waals surface area (Å²) in [5.74, 6) is 0.688. The van der Waals surface area contributed by atoms with Gasteiger partial charge in [0.1, 0.15) is 11.5 Å². The number of halogens is 2. The highest BCUT2D eigenvalue weighted by molar-refractivity contribution is 9.10. The SMILES string of the molecule is Oc1ccc(Br)cc1C=NNc1nc(NN=Cc2cc(Br)ccc2O)nc(N(c2ccccc2)c2ccccc2)n1. The lowest BCUT2D eigenvalue weighted by Crippen LogP contribution is -2.16. The van der Waals surface area contributed by atoms with Crippen LogP contribution in [0.25, 0.3) is 0 Å². The van der Waals surface area contributed by atoms with Crippen molar-refractivity contribution in [1.82, 2.24) is 15.0 Å². The summed E-state index contributed by atoms with van der Waals surface area (Å²) >= 11 is 6.78. The Balaban J connectivity index is 1.52. The second kappa shape index (κ2) is 13.0. The van der Waals surface area contributed by atoms with E-state index in [2.05, 4.69) is 67.9 Å². The van der Waals surface area contributed by atoms with Crippen LogP contribution in [0.4, 0.5) is 29.2 Å². The predicted octanol–water partition coefficient (Wildman–Crippen LogP) is 7.17. The van der Waals surface area contributed by atoms with Crippen molar-refractivity contribution in [3.63, 3.8) is 0 Å².